The molecule has 3 nitrogen and oxygen atoms in total. The third-order valence-electron chi connectivity index (χ3n) is 4.68. The average Bonchev–Trinajstić information content (AvgIpc) is 3.28. The van der Waals surface area contributed by atoms with Gasteiger partial charge in [-0.25, -0.2) is 0 Å². The number of hydrogen-bond acceptors (Lipinski definition) is 3. The highest BCUT2D eigenvalue weighted by atomic mass is 16.5. The molecule has 3 heteroatoms. The van der Waals surface area contributed by atoms with Crippen LogP contribution in [0.4, 0.5) is 0 Å². The Labute approximate surface area is 111 Å². The van der Waals surface area contributed by atoms with Gasteiger partial charge in [-0.2, -0.15) is 0 Å². The Bertz CT molecular complexity index is 257. The van der Waals surface area contributed by atoms with Crippen molar-refractivity contribution in [2.75, 3.05) is 32.8 Å². The molecule has 0 aromatic rings. The van der Waals surface area contributed by atoms with Crippen LogP contribution in [0.25, 0.3) is 0 Å². The largest absolute Gasteiger partial charge is 0.381 e. The molecule has 3 aliphatic rings. The van der Waals surface area contributed by atoms with Gasteiger partial charge < -0.3 is 10.1 Å². The molecule has 3 rings (SSSR count). The number of hydrogen-bond donors (Lipinski definition) is 1. The Kier molecular flexibility index (Phi) is 4.22. The summed E-state index contributed by atoms with van der Waals surface area (Å²) >= 11 is 0. The van der Waals surface area contributed by atoms with Crippen molar-refractivity contribution in [2.24, 2.45) is 11.8 Å². The molecule has 0 bridgehead atoms. The van der Waals surface area contributed by atoms with Crippen LogP contribution in [-0.4, -0.2) is 49.8 Å². The van der Waals surface area contributed by atoms with E-state index in [0.717, 1.165) is 37.6 Å². The number of rotatable bonds is 8. The number of nitrogens with one attached hydrogen (secondary N) is 1. The van der Waals surface area contributed by atoms with Gasteiger partial charge in [0.15, 0.2) is 0 Å². The Morgan fingerprint density at radius 2 is 2.06 bits per heavy atom. The zero-order chi connectivity index (χ0) is 12.4. The summed E-state index contributed by atoms with van der Waals surface area (Å²) in [5.74, 6) is 1.76. The monoisotopic (exact) mass is 252 g/mol. The van der Waals surface area contributed by atoms with Crippen molar-refractivity contribution in [1.82, 2.24) is 10.2 Å². The minimum atomic E-state index is 0.650. The zero-order valence-corrected chi connectivity index (χ0v) is 11.7. The van der Waals surface area contributed by atoms with Crippen molar-refractivity contribution in [3.63, 3.8) is 0 Å². The van der Waals surface area contributed by atoms with E-state index in [1.807, 2.05) is 0 Å². The molecular formula is C15H28N2O. The first-order chi connectivity index (χ1) is 8.86. The third kappa shape index (κ3) is 3.46. The number of ether oxygens (including phenoxy) is 1. The van der Waals surface area contributed by atoms with E-state index < -0.39 is 0 Å². The van der Waals surface area contributed by atoms with Gasteiger partial charge in [-0.3, -0.25) is 4.90 Å². The Morgan fingerprint density at radius 3 is 2.61 bits per heavy atom. The third-order valence-corrected chi connectivity index (χ3v) is 4.68. The van der Waals surface area contributed by atoms with Gasteiger partial charge in [0.1, 0.15) is 0 Å². The molecule has 0 spiro atoms. The zero-order valence-electron chi connectivity index (χ0n) is 11.7. The van der Waals surface area contributed by atoms with E-state index in [-0.39, 0.29) is 0 Å². The lowest BCUT2D eigenvalue weighted by molar-refractivity contribution is 0.156. The molecule has 0 aromatic carbocycles. The molecule has 1 heterocycles. The van der Waals surface area contributed by atoms with Gasteiger partial charge >= 0.3 is 0 Å². The smallest absolute Gasteiger partial charge is 0.0510 e. The maximum Gasteiger partial charge on any atom is 0.0510 e. The molecule has 1 saturated heterocycles. The van der Waals surface area contributed by atoms with Gasteiger partial charge in [-0.15, -0.1) is 0 Å². The fourth-order valence-electron chi connectivity index (χ4n) is 3.21. The fraction of sp³-hybridized carbons (Fsp3) is 1.00. The van der Waals surface area contributed by atoms with Crippen LogP contribution in [0.5, 0.6) is 0 Å². The summed E-state index contributed by atoms with van der Waals surface area (Å²) in [7, 11) is 0. The first kappa shape index (κ1) is 12.9. The van der Waals surface area contributed by atoms with E-state index in [2.05, 4.69) is 17.1 Å². The molecule has 2 atom stereocenters. The summed E-state index contributed by atoms with van der Waals surface area (Å²) in [5, 5.41) is 3.71. The average molecular weight is 252 g/mol. The van der Waals surface area contributed by atoms with Crippen LogP contribution in [0.3, 0.4) is 0 Å². The van der Waals surface area contributed by atoms with Crippen molar-refractivity contribution in [2.45, 2.75) is 51.1 Å². The summed E-state index contributed by atoms with van der Waals surface area (Å²) in [6, 6.07) is 1.56. The minimum Gasteiger partial charge on any atom is -0.381 e. The van der Waals surface area contributed by atoms with Crippen LogP contribution < -0.4 is 5.32 Å². The van der Waals surface area contributed by atoms with Gasteiger partial charge in [0.05, 0.1) is 6.61 Å². The molecule has 0 amide bonds. The second kappa shape index (κ2) is 5.89. The Balaban J connectivity index is 1.54. The summed E-state index contributed by atoms with van der Waals surface area (Å²) in [5.41, 5.74) is 0. The summed E-state index contributed by atoms with van der Waals surface area (Å²) < 4.78 is 5.58. The summed E-state index contributed by atoms with van der Waals surface area (Å²) in [6.07, 6.45) is 7.07. The lowest BCUT2D eigenvalue weighted by atomic mass is 9.98. The SMILES string of the molecule is CCNC(CN(CC1CC1)C1CC1)C1CCOC1. The molecule has 1 N–H and O–H groups in total. The van der Waals surface area contributed by atoms with E-state index in [0.29, 0.717) is 6.04 Å². The second-order valence-corrected chi connectivity index (χ2v) is 6.42. The molecule has 2 aliphatic carbocycles. The van der Waals surface area contributed by atoms with Gasteiger partial charge in [0.2, 0.25) is 0 Å². The molecule has 2 saturated carbocycles. The van der Waals surface area contributed by atoms with E-state index >= 15 is 0 Å². The highest BCUT2D eigenvalue weighted by molar-refractivity contribution is 4.92. The normalized spacial score (nSPS) is 30.0. The van der Waals surface area contributed by atoms with E-state index in [4.69, 9.17) is 4.74 Å². The molecule has 0 aromatic heterocycles. The topological polar surface area (TPSA) is 24.5 Å². The van der Waals surface area contributed by atoms with Crippen LogP contribution in [0.15, 0.2) is 0 Å². The standard InChI is InChI=1S/C15H28N2O/c1-2-16-15(13-7-8-18-11-13)10-17(14-5-6-14)9-12-3-4-12/h12-16H,2-11H2,1H3. The van der Waals surface area contributed by atoms with Crippen LogP contribution in [0.2, 0.25) is 0 Å². The predicted octanol–water partition coefficient (Wildman–Crippen LogP) is 1.88. The maximum atomic E-state index is 5.58. The van der Waals surface area contributed by atoms with Gasteiger partial charge in [0, 0.05) is 37.7 Å². The summed E-state index contributed by atoms with van der Waals surface area (Å²) in [4.78, 5) is 2.78. The van der Waals surface area contributed by atoms with Crippen LogP contribution in [0, 0.1) is 11.8 Å². The van der Waals surface area contributed by atoms with E-state index in [1.54, 1.807) is 0 Å². The first-order valence-electron chi connectivity index (χ1n) is 7.92. The molecule has 2 unspecified atom stereocenters. The van der Waals surface area contributed by atoms with Crippen molar-refractivity contribution in [1.29, 1.82) is 0 Å². The van der Waals surface area contributed by atoms with Crippen LogP contribution in [-0.2, 0) is 4.74 Å². The molecule has 0 radical (unpaired) electrons. The highest BCUT2D eigenvalue weighted by Gasteiger charge is 2.36. The fourth-order valence-corrected chi connectivity index (χ4v) is 3.21. The molecule has 3 fully saturated rings. The highest BCUT2D eigenvalue weighted by Crippen LogP contribution is 2.35. The van der Waals surface area contributed by atoms with E-state index in [1.165, 1.54) is 45.2 Å². The van der Waals surface area contributed by atoms with Crippen molar-refractivity contribution in [3.8, 4) is 0 Å². The lowest BCUT2D eigenvalue weighted by Gasteiger charge is -2.31. The van der Waals surface area contributed by atoms with Crippen molar-refractivity contribution in [3.05, 3.63) is 0 Å². The summed E-state index contributed by atoms with van der Waals surface area (Å²) in [6.45, 7) is 7.87. The number of nitrogens with zero attached hydrogens (tertiary/aromatic N) is 1. The van der Waals surface area contributed by atoms with Gasteiger partial charge in [-0.05, 0) is 44.6 Å². The van der Waals surface area contributed by atoms with Crippen LogP contribution in [0.1, 0.15) is 39.0 Å². The number of likely N-dealkylation sites (N-methyl/N-ethyl adjacent to an activating group) is 1. The van der Waals surface area contributed by atoms with E-state index in [9.17, 15) is 0 Å². The predicted molar refractivity (Wildman–Crippen MR) is 73.7 cm³/mol. The molecular weight excluding hydrogens is 224 g/mol. The molecule has 1 aliphatic heterocycles. The van der Waals surface area contributed by atoms with Crippen molar-refractivity contribution < 1.29 is 4.74 Å². The van der Waals surface area contributed by atoms with Gasteiger partial charge in [0.25, 0.3) is 0 Å². The maximum absolute atomic E-state index is 5.58. The van der Waals surface area contributed by atoms with Crippen LogP contribution >= 0.6 is 0 Å². The minimum absolute atomic E-state index is 0.650. The quantitative estimate of drug-likeness (QED) is 0.714. The molecule has 104 valence electrons. The van der Waals surface area contributed by atoms with Crippen molar-refractivity contribution >= 4 is 0 Å². The Morgan fingerprint density at radius 1 is 1.22 bits per heavy atom. The molecule has 18 heavy (non-hydrogen) atoms. The van der Waals surface area contributed by atoms with Gasteiger partial charge in [-0.1, -0.05) is 6.92 Å². The first-order valence-corrected chi connectivity index (χ1v) is 7.92. The second-order valence-electron chi connectivity index (χ2n) is 6.42. The lowest BCUT2D eigenvalue weighted by Crippen LogP contribution is -2.47. The Hall–Kier alpha value is -0.120.